The van der Waals surface area contributed by atoms with E-state index in [1.54, 1.807) is 12.2 Å². The van der Waals surface area contributed by atoms with E-state index in [1.807, 2.05) is 51.1 Å². The summed E-state index contributed by atoms with van der Waals surface area (Å²) in [7, 11) is -1.30. The monoisotopic (exact) mass is 264 g/mol. The molecule has 0 fully saturated rings. The van der Waals surface area contributed by atoms with Gasteiger partial charge in [-0.25, -0.2) is 4.21 Å². The van der Waals surface area contributed by atoms with Crippen LogP contribution in [0.4, 0.5) is 0 Å². The molecule has 1 aromatic rings. The van der Waals surface area contributed by atoms with Crippen LogP contribution in [-0.4, -0.2) is 15.4 Å². The quantitative estimate of drug-likeness (QED) is 0.828. The highest BCUT2D eigenvalue weighted by Gasteiger charge is 2.16. The molecule has 2 nitrogen and oxygen atoms in total. The van der Waals surface area contributed by atoms with Crippen LogP contribution < -0.4 is 0 Å². The molecule has 0 radical (unpaired) electrons. The fraction of sp³-hybridized carbons (Fsp3) is 0.333. The number of hydrogen-bond donors (Lipinski definition) is 1. The maximum atomic E-state index is 12.4. The summed E-state index contributed by atoms with van der Waals surface area (Å²) in [6.45, 7) is 5.76. The number of benzene rings is 1. The molecule has 0 saturated carbocycles. The first kappa shape index (κ1) is 14.9. The minimum Gasteiger partial charge on any atom is -0.388 e. The molecule has 2 atom stereocenters. The highest BCUT2D eigenvalue weighted by atomic mass is 32.2. The van der Waals surface area contributed by atoms with Gasteiger partial charge in [0, 0.05) is 9.80 Å². The molecule has 0 aliphatic heterocycles. The van der Waals surface area contributed by atoms with E-state index in [2.05, 4.69) is 0 Å². The third-order valence-electron chi connectivity index (χ3n) is 2.62. The molecule has 1 rings (SSSR count). The molecule has 0 bridgehead atoms. The molecule has 0 aliphatic rings. The molecule has 0 unspecified atom stereocenters. The highest BCUT2D eigenvalue weighted by molar-refractivity contribution is 7.89. The maximum Gasteiger partial charge on any atom is 0.0874 e. The molecule has 18 heavy (non-hydrogen) atoms. The summed E-state index contributed by atoms with van der Waals surface area (Å²) in [6, 6.07) is 7.55. The van der Waals surface area contributed by atoms with Crippen molar-refractivity contribution in [3.05, 3.63) is 53.0 Å². The van der Waals surface area contributed by atoms with E-state index in [9.17, 15) is 9.32 Å². The van der Waals surface area contributed by atoms with E-state index in [0.29, 0.717) is 11.3 Å². The number of allylic oxidation sites excluding steroid dienone is 3. The van der Waals surface area contributed by atoms with Gasteiger partial charge in [-0.1, -0.05) is 36.8 Å². The largest absolute Gasteiger partial charge is 0.388 e. The first-order valence-corrected chi connectivity index (χ1v) is 7.24. The molecular formula is C15H20O2S. The van der Waals surface area contributed by atoms with Crippen molar-refractivity contribution in [3.8, 4) is 0 Å². The Balaban J connectivity index is 3.06. The van der Waals surface area contributed by atoms with Gasteiger partial charge in [0.25, 0.3) is 0 Å². The van der Waals surface area contributed by atoms with E-state index in [4.69, 9.17) is 0 Å². The standard InChI is InChI=1S/C15H20O2S/c1-4-6-7-15(14(16)5-2)18(17)13-10-8-12(3)9-11-13/h4,6-11,14,16H,5H2,1-3H3/b6-4+,15-7+/t14-,18-/m0/s1. The second kappa shape index (κ2) is 7.29. The van der Waals surface area contributed by atoms with Crippen molar-refractivity contribution in [2.75, 3.05) is 0 Å². The molecule has 0 spiro atoms. The fourth-order valence-electron chi connectivity index (χ4n) is 1.49. The van der Waals surface area contributed by atoms with E-state index in [1.165, 1.54) is 0 Å². The van der Waals surface area contributed by atoms with Gasteiger partial charge in [-0.2, -0.15) is 0 Å². The van der Waals surface area contributed by atoms with Gasteiger partial charge in [0.05, 0.1) is 16.9 Å². The van der Waals surface area contributed by atoms with Crippen LogP contribution >= 0.6 is 0 Å². The topological polar surface area (TPSA) is 37.3 Å². The summed E-state index contributed by atoms with van der Waals surface area (Å²) in [5.74, 6) is 0. The van der Waals surface area contributed by atoms with Gasteiger partial charge in [-0.3, -0.25) is 0 Å². The van der Waals surface area contributed by atoms with Crippen molar-refractivity contribution >= 4 is 10.8 Å². The zero-order valence-electron chi connectivity index (χ0n) is 11.1. The van der Waals surface area contributed by atoms with E-state index in [-0.39, 0.29) is 0 Å². The van der Waals surface area contributed by atoms with Gasteiger partial charge in [-0.15, -0.1) is 0 Å². The Bertz CT molecular complexity index is 458. The Morgan fingerprint density at radius 3 is 2.50 bits per heavy atom. The maximum absolute atomic E-state index is 12.4. The number of hydrogen-bond acceptors (Lipinski definition) is 2. The van der Waals surface area contributed by atoms with Crippen LogP contribution in [-0.2, 0) is 10.8 Å². The average Bonchev–Trinajstić information content (AvgIpc) is 2.39. The van der Waals surface area contributed by atoms with Crippen LogP contribution in [0.1, 0.15) is 25.8 Å². The number of aryl methyl sites for hydroxylation is 1. The smallest absolute Gasteiger partial charge is 0.0874 e. The Kier molecular flexibility index (Phi) is 6.02. The van der Waals surface area contributed by atoms with Crippen LogP contribution in [0.25, 0.3) is 0 Å². The zero-order chi connectivity index (χ0) is 13.5. The van der Waals surface area contributed by atoms with Crippen molar-refractivity contribution in [2.24, 2.45) is 0 Å². The molecule has 1 N–H and O–H groups in total. The molecule has 0 saturated heterocycles. The van der Waals surface area contributed by atoms with Gasteiger partial charge in [0.1, 0.15) is 0 Å². The van der Waals surface area contributed by atoms with Crippen LogP contribution in [0.2, 0.25) is 0 Å². The summed E-state index contributed by atoms with van der Waals surface area (Å²) in [4.78, 5) is 1.28. The second-order valence-electron chi connectivity index (χ2n) is 4.10. The summed E-state index contributed by atoms with van der Waals surface area (Å²) in [5, 5.41) is 9.94. The van der Waals surface area contributed by atoms with Crippen molar-refractivity contribution in [1.82, 2.24) is 0 Å². The van der Waals surface area contributed by atoms with Gasteiger partial charge in [0.2, 0.25) is 0 Å². The summed E-state index contributed by atoms with van der Waals surface area (Å²) in [6.07, 6.45) is 5.29. The normalized spacial score (nSPS) is 15.9. The van der Waals surface area contributed by atoms with E-state index < -0.39 is 16.9 Å². The summed E-state index contributed by atoms with van der Waals surface area (Å²) < 4.78 is 12.4. The molecule has 0 aromatic heterocycles. The van der Waals surface area contributed by atoms with Crippen molar-refractivity contribution in [3.63, 3.8) is 0 Å². The minimum atomic E-state index is -1.30. The van der Waals surface area contributed by atoms with Crippen LogP contribution in [0.5, 0.6) is 0 Å². The van der Waals surface area contributed by atoms with Gasteiger partial charge in [0.15, 0.2) is 0 Å². The molecule has 0 amide bonds. The third-order valence-corrected chi connectivity index (χ3v) is 4.15. The van der Waals surface area contributed by atoms with Crippen LogP contribution in [0, 0.1) is 6.92 Å². The lowest BCUT2D eigenvalue weighted by atomic mass is 10.2. The van der Waals surface area contributed by atoms with Crippen molar-refractivity contribution < 1.29 is 9.32 Å². The lowest BCUT2D eigenvalue weighted by Gasteiger charge is -2.12. The number of aliphatic hydroxyl groups is 1. The summed E-state index contributed by atoms with van der Waals surface area (Å²) in [5.41, 5.74) is 1.13. The molecular weight excluding hydrogens is 244 g/mol. The van der Waals surface area contributed by atoms with Gasteiger partial charge < -0.3 is 5.11 Å². The molecule has 0 heterocycles. The predicted octanol–water partition coefficient (Wildman–Crippen LogP) is 3.33. The Hall–Kier alpha value is -1.19. The second-order valence-corrected chi connectivity index (χ2v) is 5.58. The van der Waals surface area contributed by atoms with Crippen molar-refractivity contribution in [2.45, 2.75) is 38.2 Å². The Labute approximate surface area is 112 Å². The average molecular weight is 264 g/mol. The van der Waals surface area contributed by atoms with Crippen molar-refractivity contribution in [1.29, 1.82) is 0 Å². The van der Waals surface area contributed by atoms with Gasteiger partial charge >= 0.3 is 0 Å². The Morgan fingerprint density at radius 1 is 1.39 bits per heavy atom. The zero-order valence-corrected chi connectivity index (χ0v) is 11.9. The fourth-order valence-corrected chi connectivity index (χ4v) is 2.76. The van der Waals surface area contributed by atoms with E-state index >= 15 is 0 Å². The lowest BCUT2D eigenvalue weighted by Crippen LogP contribution is -2.13. The van der Waals surface area contributed by atoms with Crippen LogP contribution in [0.3, 0.4) is 0 Å². The SMILES string of the molecule is C/C=C/C=C(\[C@@H](O)CC)[S@@](=O)c1ccc(C)cc1. The molecule has 3 heteroatoms. The number of rotatable bonds is 5. The molecule has 1 aromatic carbocycles. The molecule has 98 valence electrons. The summed E-state index contributed by atoms with van der Waals surface area (Å²) >= 11 is 0. The minimum absolute atomic E-state index is 0.555. The number of aliphatic hydroxyl groups excluding tert-OH is 1. The van der Waals surface area contributed by atoms with E-state index in [0.717, 1.165) is 10.5 Å². The first-order valence-electron chi connectivity index (χ1n) is 6.09. The van der Waals surface area contributed by atoms with Gasteiger partial charge in [-0.05, 0) is 38.5 Å². The molecule has 0 aliphatic carbocycles. The Morgan fingerprint density at radius 2 is 2.00 bits per heavy atom. The lowest BCUT2D eigenvalue weighted by molar-refractivity contribution is 0.214. The predicted molar refractivity (Wildman–Crippen MR) is 76.8 cm³/mol. The highest BCUT2D eigenvalue weighted by Crippen LogP contribution is 2.19. The van der Waals surface area contributed by atoms with Crippen LogP contribution in [0.15, 0.2) is 52.3 Å². The first-order chi connectivity index (χ1) is 8.60. The third kappa shape index (κ3) is 3.93.